The van der Waals surface area contributed by atoms with E-state index in [0.29, 0.717) is 35.6 Å². The van der Waals surface area contributed by atoms with Crippen LogP contribution in [0.4, 0.5) is 0 Å². The molecule has 2 aromatic carbocycles. The summed E-state index contributed by atoms with van der Waals surface area (Å²) in [5.74, 6) is 0.421. The van der Waals surface area contributed by atoms with E-state index >= 15 is 0 Å². The van der Waals surface area contributed by atoms with Gasteiger partial charge in [-0.25, -0.2) is 0 Å². The molecule has 0 atom stereocenters. The average Bonchev–Trinajstić information content (AvgIpc) is 3.48. The highest BCUT2D eigenvalue weighted by Crippen LogP contribution is 2.39. The molecule has 2 fully saturated rings. The molecule has 1 aromatic heterocycles. The molecule has 0 aliphatic carbocycles. The predicted octanol–water partition coefficient (Wildman–Crippen LogP) is 1.23. The molecule has 2 saturated heterocycles. The van der Waals surface area contributed by atoms with Crippen LogP contribution in [-0.4, -0.2) is 36.4 Å². The Balaban J connectivity index is 1.70. The minimum Gasteiger partial charge on any atom is -0.507 e. The molecule has 2 aliphatic rings. The van der Waals surface area contributed by atoms with Crippen LogP contribution in [0.5, 0.6) is 11.5 Å². The third kappa shape index (κ3) is 3.82. The lowest BCUT2D eigenvalue weighted by atomic mass is 10.0. The summed E-state index contributed by atoms with van der Waals surface area (Å²) in [6.07, 6.45) is 4.63. The first-order chi connectivity index (χ1) is 15.1. The Morgan fingerprint density at radius 3 is 2.00 bits per heavy atom. The summed E-state index contributed by atoms with van der Waals surface area (Å²) >= 11 is 0. The van der Waals surface area contributed by atoms with Crippen molar-refractivity contribution >= 4 is 11.0 Å². The zero-order valence-electron chi connectivity index (χ0n) is 17.7. The Hall–Kier alpha value is -2.83. The van der Waals surface area contributed by atoms with E-state index in [2.05, 4.69) is 0 Å². The second-order valence-electron chi connectivity index (χ2n) is 8.97. The van der Waals surface area contributed by atoms with Crippen LogP contribution < -0.4 is 15.2 Å². The lowest BCUT2D eigenvalue weighted by molar-refractivity contribution is -0.902. The molecule has 6 heteroatoms. The van der Waals surface area contributed by atoms with Crippen molar-refractivity contribution in [3.05, 3.63) is 57.7 Å². The first-order valence-corrected chi connectivity index (χ1v) is 11.4. The van der Waals surface area contributed by atoms with Crippen molar-refractivity contribution in [1.29, 1.82) is 0 Å². The summed E-state index contributed by atoms with van der Waals surface area (Å²) < 4.78 is 6.22. The number of fused-ring (bicyclic) bond motifs is 1. The van der Waals surface area contributed by atoms with Crippen molar-refractivity contribution in [3.8, 4) is 22.8 Å². The molecule has 3 aromatic rings. The van der Waals surface area contributed by atoms with Gasteiger partial charge in [0.1, 0.15) is 35.7 Å². The molecule has 31 heavy (non-hydrogen) atoms. The minimum atomic E-state index is -0.270. The molecular formula is C25H30N2O4+2. The van der Waals surface area contributed by atoms with Gasteiger partial charge in [-0.1, -0.05) is 30.3 Å². The van der Waals surface area contributed by atoms with E-state index in [-0.39, 0.29) is 22.3 Å². The Morgan fingerprint density at radius 1 is 0.806 bits per heavy atom. The summed E-state index contributed by atoms with van der Waals surface area (Å²) in [6, 6.07) is 10.9. The van der Waals surface area contributed by atoms with Gasteiger partial charge in [0.2, 0.25) is 0 Å². The summed E-state index contributed by atoms with van der Waals surface area (Å²) in [4.78, 5) is 15.9. The Morgan fingerprint density at radius 2 is 1.39 bits per heavy atom. The molecular weight excluding hydrogens is 392 g/mol. The van der Waals surface area contributed by atoms with E-state index < -0.39 is 0 Å². The van der Waals surface area contributed by atoms with Crippen LogP contribution in [0.2, 0.25) is 0 Å². The van der Waals surface area contributed by atoms with Gasteiger partial charge < -0.3 is 24.4 Å². The molecule has 5 rings (SSSR count). The lowest BCUT2D eigenvalue weighted by Crippen LogP contribution is -3.08. The second-order valence-corrected chi connectivity index (χ2v) is 8.97. The SMILES string of the molecule is O=c1cc(-c2ccccc2)oc2c(C[NH+]3CCCC3)c(O)c(C[NH+]3CCCC3)c(O)c12. The van der Waals surface area contributed by atoms with Gasteiger partial charge in [0, 0.05) is 37.3 Å². The first-order valence-electron chi connectivity index (χ1n) is 11.4. The largest absolute Gasteiger partial charge is 0.507 e. The number of aromatic hydroxyl groups is 2. The number of likely N-dealkylation sites (tertiary alicyclic amines) is 2. The van der Waals surface area contributed by atoms with Crippen molar-refractivity contribution in [2.75, 3.05) is 26.2 Å². The summed E-state index contributed by atoms with van der Waals surface area (Å²) in [7, 11) is 0. The van der Waals surface area contributed by atoms with E-state index in [0.717, 1.165) is 57.4 Å². The predicted molar refractivity (Wildman–Crippen MR) is 119 cm³/mol. The Labute approximate surface area is 181 Å². The highest BCUT2D eigenvalue weighted by molar-refractivity contribution is 5.91. The second kappa shape index (κ2) is 8.36. The van der Waals surface area contributed by atoms with Gasteiger partial charge in [-0.2, -0.15) is 0 Å². The highest BCUT2D eigenvalue weighted by atomic mass is 16.3. The first kappa shape index (κ1) is 20.1. The van der Waals surface area contributed by atoms with Crippen molar-refractivity contribution < 1.29 is 24.4 Å². The molecule has 0 spiro atoms. The molecule has 0 amide bonds. The Kier molecular flexibility index (Phi) is 5.42. The smallest absolute Gasteiger partial charge is 0.197 e. The minimum absolute atomic E-state index is 0.0946. The van der Waals surface area contributed by atoms with E-state index in [4.69, 9.17) is 4.42 Å². The third-order valence-electron chi connectivity index (χ3n) is 6.85. The van der Waals surface area contributed by atoms with Crippen molar-refractivity contribution in [2.45, 2.75) is 38.8 Å². The maximum atomic E-state index is 13.2. The average molecular weight is 423 g/mol. The number of hydrogen-bond donors (Lipinski definition) is 4. The standard InChI is InChI=1S/C25H28N2O4/c28-20-14-21(17-8-2-1-3-9-17)31-25-19(16-27-12-6-7-13-27)23(29)18(24(30)22(20)25)15-26-10-4-5-11-26/h1-3,8-9,14,29-30H,4-7,10-13,15-16H2/p+2. The zero-order valence-corrected chi connectivity index (χ0v) is 17.7. The van der Waals surface area contributed by atoms with E-state index in [1.165, 1.54) is 15.9 Å². The van der Waals surface area contributed by atoms with Crippen LogP contribution in [0, 0.1) is 0 Å². The summed E-state index contributed by atoms with van der Waals surface area (Å²) in [6.45, 7) is 5.23. The lowest BCUT2D eigenvalue weighted by Gasteiger charge is -2.20. The van der Waals surface area contributed by atoms with Crippen LogP contribution >= 0.6 is 0 Å². The van der Waals surface area contributed by atoms with Gasteiger partial charge in [0.25, 0.3) is 0 Å². The molecule has 4 N–H and O–H groups in total. The van der Waals surface area contributed by atoms with Crippen LogP contribution in [0.3, 0.4) is 0 Å². The van der Waals surface area contributed by atoms with Gasteiger partial charge in [0.05, 0.1) is 37.3 Å². The maximum absolute atomic E-state index is 13.2. The van der Waals surface area contributed by atoms with Crippen molar-refractivity contribution in [1.82, 2.24) is 0 Å². The molecule has 0 radical (unpaired) electrons. The number of hydrogen-bond acceptors (Lipinski definition) is 4. The number of phenolic OH excluding ortho intramolecular Hbond substituents is 2. The Bertz CT molecular complexity index is 1140. The van der Waals surface area contributed by atoms with E-state index in [9.17, 15) is 15.0 Å². The molecule has 6 nitrogen and oxygen atoms in total. The van der Waals surface area contributed by atoms with Gasteiger partial charge in [-0.3, -0.25) is 4.79 Å². The molecule has 0 bridgehead atoms. The van der Waals surface area contributed by atoms with Crippen LogP contribution in [0.1, 0.15) is 36.8 Å². The van der Waals surface area contributed by atoms with Gasteiger partial charge >= 0.3 is 0 Å². The monoisotopic (exact) mass is 422 g/mol. The molecule has 162 valence electrons. The highest BCUT2D eigenvalue weighted by Gasteiger charge is 2.30. The summed E-state index contributed by atoms with van der Waals surface area (Å²) in [5.41, 5.74) is 1.98. The van der Waals surface area contributed by atoms with Crippen LogP contribution in [0.25, 0.3) is 22.3 Å². The molecule has 0 unspecified atom stereocenters. The normalized spacial score (nSPS) is 17.7. The third-order valence-corrected chi connectivity index (χ3v) is 6.85. The zero-order chi connectivity index (χ0) is 21.4. The molecule has 3 heterocycles. The number of rotatable bonds is 5. The van der Waals surface area contributed by atoms with Crippen LogP contribution in [0.15, 0.2) is 45.6 Å². The number of benzene rings is 2. The topological polar surface area (TPSA) is 79.5 Å². The van der Waals surface area contributed by atoms with E-state index in [1.54, 1.807) is 0 Å². The fraction of sp³-hybridized carbons (Fsp3) is 0.400. The molecule has 0 saturated carbocycles. The van der Waals surface area contributed by atoms with Gasteiger partial charge in [-0.05, 0) is 0 Å². The molecule has 2 aliphatic heterocycles. The number of phenols is 2. The quantitative estimate of drug-likeness (QED) is 0.499. The van der Waals surface area contributed by atoms with Crippen molar-refractivity contribution in [2.24, 2.45) is 0 Å². The number of quaternary nitrogens is 2. The fourth-order valence-electron chi connectivity index (χ4n) is 5.16. The van der Waals surface area contributed by atoms with E-state index in [1.807, 2.05) is 30.3 Å². The van der Waals surface area contributed by atoms with Gasteiger partial charge in [0.15, 0.2) is 11.0 Å². The van der Waals surface area contributed by atoms with Crippen LogP contribution in [-0.2, 0) is 13.1 Å². The number of nitrogens with one attached hydrogen (secondary N) is 2. The maximum Gasteiger partial charge on any atom is 0.197 e. The van der Waals surface area contributed by atoms with Crippen molar-refractivity contribution in [3.63, 3.8) is 0 Å². The summed E-state index contributed by atoms with van der Waals surface area (Å²) in [5, 5.41) is 22.6. The van der Waals surface area contributed by atoms with Gasteiger partial charge in [-0.15, -0.1) is 0 Å². The fourth-order valence-corrected chi connectivity index (χ4v) is 5.16.